The molecule has 1 nitrogen and oxygen atoms in total. The summed E-state index contributed by atoms with van der Waals surface area (Å²) >= 11 is 13.8. The fourth-order valence-corrected chi connectivity index (χ4v) is 2.67. The van der Waals surface area contributed by atoms with E-state index in [1.165, 1.54) is 0 Å². The number of anilines is 1. The van der Waals surface area contributed by atoms with Gasteiger partial charge in [0, 0.05) is 35.4 Å². The maximum absolute atomic E-state index is 6.02. The lowest BCUT2D eigenvalue weighted by molar-refractivity contribution is 0.762. The molecule has 0 heterocycles. The summed E-state index contributed by atoms with van der Waals surface area (Å²) in [5, 5.41) is 0.757. The molecule has 90 valence electrons. The van der Waals surface area contributed by atoms with Crippen LogP contribution in [-0.4, -0.2) is 25.1 Å². The third kappa shape index (κ3) is 3.47. The SMILES string of the molecule is CSCC(C)N(C)c1cc(Cl)ccc1CCl. The van der Waals surface area contributed by atoms with Crippen LogP contribution in [0.15, 0.2) is 18.2 Å². The standard InChI is InChI=1S/C12H17Cl2NS/c1-9(8-16-3)15(2)12-6-11(14)5-4-10(12)7-13/h4-6,9H,7-8H2,1-3H3. The van der Waals surface area contributed by atoms with Crippen molar-refractivity contribution in [3.05, 3.63) is 28.8 Å². The lowest BCUT2D eigenvalue weighted by Gasteiger charge is -2.28. The number of alkyl halides is 1. The molecule has 0 saturated heterocycles. The summed E-state index contributed by atoms with van der Waals surface area (Å²) in [6.07, 6.45) is 2.12. The van der Waals surface area contributed by atoms with E-state index in [-0.39, 0.29) is 0 Å². The minimum absolute atomic E-state index is 0.468. The fraction of sp³-hybridized carbons (Fsp3) is 0.500. The van der Waals surface area contributed by atoms with Gasteiger partial charge in [-0.05, 0) is 30.9 Å². The summed E-state index contributed by atoms with van der Waals surface area (Å²) in [4.78, 5) is 2.24. The van der Waals surface area contributed by atoms with E-state index in [4.69, 9.17) is 23.2 Å². The first-order valence-electron chi connectivity index (χ1n) is 5.16. The van der Waals surface area contributed by atoms with E-state index in [9.17, 15) is 0 Å². The van der Waals surface area contributed by atoms with E-state index in [1.807, 2.05) is 30.0 Å². The largest absolute Gasteiger partial charge is 0.371 e. The Balaban J connectivity index is 2.96. The number of hydrogen-bond donors (Lipinski definition) is 0. The molecule has 0 aliphatic carbocycles. The molecular weight excluding hydrogens is 261 g/mol. The first-order chi connectivity index (χ1) is 7.60. The molecule has 0 fully saturated rings. The summed E-state index contributed by atoms with van der Waals surface area (Å²) in [5.74, 6) is 1.60. The van der Waals surface area contributed by atoms with Gasteiger partial charge in [-0.3, -0.25) is 0 Å². The highest BCUT2D eigenvalue weighted by atomic mass is 35.5. The number of benzene rings is 1. The highest BCUT2D eigenvalue weighted by molar-refractivity contribution is 7.98. The topological polar surface area (TPSA) is 3.24 Å². The van der Waals surface area contributed by atoms with Crippen molar-refractivity contribution in [3.8, 4) is 0 Å². The van der Waals surface area contributed by atoms with Crippen LogP contribution >= 0.6 is 35.0 Å². The van der Waals surface area contributed by atoms with Gasteiger partial charge in [-0.15, -0.1) is 11.6 Å². The number of hydrogen-bond acceptors (Lipinski definition) is 2. The Kier molecular flexibility index (Phi) is 5.81. The van der Waals surface area contributed by atoms with Crippen molar-refractivity contribution in [1.82, 2.24) is 0 Å². The molecule has 0 saturated carbocycles. The van der Waals surface area contributed by atoms with Gasteiger partial charge >= 0.3 is 0 Å². The van der Waals surface area contributed by atoms with Crippen molar-refractivity contribution in [3.63, 3.8) is 0 Å². The highest BCUT2D eigenvalue weighted by Crippen LogP contribution is 2.27. The molecule has 0 amide bonds. The van der Waals surface area contributed by atoms with Crippen LogP contribution in [0.1, 0.15) is 12.5 Å². The van der Waals surface area contributed by atoms with Crippen LogP contribution < -0.4 is 4.90 Å². The van der Waals surface area contributed by atoms with Crippen LogP contribution in [0.3, 0.4) is 0 Å². The Bertz CT molecular complexity index is 344. The van der Waals surface area contributed by atoms with Gasteiger partial charge in [0.05, 0.1) is 0 Å². The summed E-state index contributed by atoms with van der Waals surface area (Å²) in [5.41, 5.74) is 2.26. The van der Waals surface area contributed by atoms with Crippen molar-refractivity contribution >= 4 is 40.7 Å². The van der Waals surface area contributed by atoms with Gasteiger partial charge in [0.1, 0.15) is 0 Å². The third-order valence-corrected chi connectivity index (χ3v) is 3.98. The first-order valence-corrected chi connectivity index (χ1v) is 7.47. The quantitative estimate of drug-likeness (QED) is 0.740. The Labute approximate surface area is 112 Å². The van der Waals surface area contributed by atoms with Crippen molar-refractivity contribution in [2.75, 3.05) is 24.0 Å². The summed E-state index contributed by atoms with van der Waals surface area (Å²) in [6.45, 7) is 2.20. The summed E-state index contributed by atoms with van der Waals surface area (Å²) < 4.78 is 0. The molecule has 0 aliphatic heterocycles. The smallest absolute Gasteiger partial charge is 0.0494 e. The second-order valence-corrected chi connectivity index (χ2v) is 5.44. The molecule has 16 heavy (non-hydrogen) atoms. The Morgan fingerprint density at radius 1 is 1.44 bits per heavy atom. The molecule has 1 unspecified atom stereocenters. The van der Waals surface area contributed by atoms with Crippen LogP contribution in [0.2, 0.25) is 5.02 Å². The average Bonchev–Trinajstić information content (AvgIpc) is 2.28. The van der Waals surface area contributed by atoms with Crippen molar-refractivity contribution in [2.45, 2.75) is 18.8 Å². The number of halogens is 2. The van der Waals surface area contributed by atoms with Gasteiger partial charge in [-0.2, -0.15) is 11.8 Å². The van der Waals surface area contributed by atoms with Gasteiger partial charge in [0.2, 0.25) is 0 Å². The zero-order chi connectivity index (χ0) is 12.1. The van der Waals surface area contributed by atoms with E-state index in [1.54, 1.807) is 0 Å². The molecule has 0 aromatic heterocycles. The van der Waals surface area contributed by atoms with E-state index in [0.29, 0.717) is 11.9 Å². The van der Waals surface area contributed by atoms with Crippen LogP contribution in [0.25, 0.3) is 0 Å². The van der Waals surface area contributed by atoms with E-state index < -0.39 is 0 Å². The van der Waals surface area contributed by atoms with E-state index in [2.05, 4.69) is 25.1 Å². The molecule has 4 heteroatoms. The zero-order valence-corrected chi connectivity index (χ0v) is 12.2. The van der Waals surface area contributed by atoms with Gasteiger partial charge in [-0.25, -0.2) is 0 Å². The molecular formula is C12H17Cl2NS. The molecule has 1 rings (SSSR count). The van der Waals surface area contributed by atoms with Gasteiger partial charge in [0.25, 0.3) is 0 Å². The van der Waals surface area contributed by atoms with Crippen molar-refractivity contribution in [1.29, 1.82) is 0 Å². The van der Waals surface area contributed by atoms with Crippen molar-refractivity contribution < 1.29 is 0 Å². The molecule has 0 aliphatic rings. The average molecular weight is 278 g/mol. The number of nitrogens with zero attached hydrogens (tertiary/aromatic N) is 1. The maximum Gasteiger partial charge on any atom is 0.0494 e. The molecule has 0 N–H and O–H groups in total. The Morgan fingerprint density at radius 2 is 2.12 bits per heavy atom. The third-order valence-electron chi connectivity index (χ3n) is 2.64. The van der Waals surface area contributed by atoms with Crippen LogP contribution in [0.5, 0.6) is 0 Å². The molecule has 1 aromatic rings. The molecule has 1 aromatic carbocycles. The zero-order valence-electron chi connectivity index (χ0n) is 9.84. The molecule has 1 atom stereocenters. The highest BCUT2D eigenvalue weighted by Gasteiger charge is 2.13. The summed E-state index contributed by atoms with van der Waals surface area (Å²) in [7, 11) is 2.09. The van der Waals surface area contributed by atoms with Gasteiger partial charge in [-0.1, -0.05) is 17.7 Å². The van der Waals surface area contributed by atoms with Crippen molar-refractivity contribution in [2.24, 2.45) is 0 Å². The second kappa shape index (κ2) is 6.63. The maximum atomic E-state index is 6.02. The minimum atomic E-state index is 0.468. The van der Waals surface area contributed by atoms with E-state index >= 15 is 0 Å². The summed E-state index contributed by atoms with van der Waals surface area (Å²) in [6, 6.07) is 6.33. The fourth-order valence-electron chi connectivity index (χ4n) is 1.57. The molecule has 0 radical (unpaired) electrons. The predicted molar refractivity (Wildman–Crippen MR) is 77.3 cm³/mol. The number of thioether (sulfide) groups is 1. The van der Waals surface area contributed by atoms with Crippen LogP contribution in [0, 0.1) is 0 Å². The monoisotopic (exact) mass is 277 g/mol. The lowest BCUT2D eigenvalue weighted by Crippen LogP contribution is -2.31. The normalized spacial score (nSPS) is 12.6. The minimum Gasteiger partial charge on any atom is -0.371 e. The van der Waals surface area contributed by atoms with Crippen LogP contribution in [-0.2, 0) is 5.88 Å². The second-order valence-electron chi connectivity index (χ2n) is 3.82. The van der Waals surface area contributed by atoms with E-state index in [0.717, 1.165) is 22.0 Å². The molecule has 0 spiro atoms. The Hall–Kier alpha value is -0.0500. The number of rotatable bonds is 5. The van der Waals surface area contributed by atoms with Crippen LogP contribution in [0.4, 0.5) is 5.69 Å². The van der Waals surface area contributed by atoms with Gasteiger partial charge < -0.3 is 4.90 Å². The first kappa shape index (κ1) is 14.0. The van der Waals surface area contributed by atoms with Gasteiger partial charge in [0.15, 0.2) is 0 Å². The lowest BCUT2D eigenvalue weighted by atomic mass is 10.1. The Morgan fingerprint density at radius 3 is 2.69 bits per heavy atom. The predicted octanol–water partition coefficient (Wildman–Crippen LogP) is 4.27. The molecule has 0 bridgehead atoms.